The lowest BCUT2D eigenvalue weighted by molar-refractivity contribution is -0.120. The molecule has 134 valence electrons. The Balaban J connectivity index is 0.00000225. The highest BCUT2D eigenvalue weighted by Crippen LogP contribution is 2.26. The first-order chi connectivity index (χ1) is 11.4. The van der Waals surface area contributed by atoms with E-state index < -0.39 is 0 Å². The molecular weight excluding hydrogens is 316 g/mol. The second kappa shape index (κ2) is 7.09. The Hall–Kier alpha value is -2.63. The zero-order chi connectivity index (χ0) is 17.4. The predicted molar refractivity (Wildman–Crippen MR) is 100.0 cm³/mol. The van der Waals surface area contributed by atoms with Crippen LogP contribution in [0.5, 0.6) is 0 Å². The van der Waals surface area contributed by atoms with Gasteiger partial charge in [-0.05, 0) is 37.5 Å². The van der Waals surface area contributed by atoms with Gasteiger partial charge in [0.1, 0.15) is 0 Å². The smallest absolute Gasteiger partial charge is 0.238 e. The summed E-state index contributed by atoms with van der Waals surface area (Å²) in [6.07, 6.45) is 0. The molecule has 6 heteroatoms. The van der Waals surface area contributed by atoms with E-state index in [0.717, 1.165) is 22.3 Å². The van der Waals surface area contributed by atoms with Crippen molar-refractivity contribution in [1.82, 2.24) is 14.7 Å². The summed E-state index contributed by atoms with van der Waals surface area (Å²) in [6.45, 7) is 9.83. The summed E-state index contributed by atoms with van der Waals surface area (Å²) >= 11 is 0. The van der Waals surface area contributed by atoms with E-state index in [2.05, 4.69) is 15.5 Å². The van der Waals surface area contributed by atoms with E-state index in [9.17, 15) is 4.79 Å². The summed E-state index contributed by atoms with van der Waals surface area (Å²) < 4.78 is 7.21. The van der Waals surface area contributed by atoms with Gasteiger partial charge in [-0.25, -0.2) is 9.55 Å². The van der Waals surface area contributed by atoms with Gasteiger partial charge in [0.2, 0.25) is 17.7 Å². The number of nitrogens with one attached hydrogen (secondary N) is 1. The number of benzene rings is 1. The number of carbonyl (C=O) groups excluding carboxylic acids is 1. The highest BCUT2D eigenvalue weighted by molar-refractivity contribution is 5.93. The summed E-state index contributed by atoms with van der Waals surface area (Å²) in [5.41, 5.74) is 3.54. The van der Waals surface area contributed by atoms with Crippen LogP contribution in [0.2, 0.25) is 0 Å². The van der Waals surface area contributed by atoms with Crippen molar-refractivity contribution in [3.8, 4) is 5.88 Å². The maximum absolute atomic E-state index is 12.5. The summed E-state index contributed by atoms with van der Waals surface area (Å²) in [6, 6.07) is 7.77. The molecule has 0 saturated heterocycles. The molecule has 0 aliphatic rings. The molecule has 0 unspecified atom stereocenters. The highest BCUT2D eigenvalue weighted by atomic mass is 16.5. The lowest BCUT2D eigenvalue weighted by atomic mass is 9.97. The molecule has 1 aromatic carbocycles. The number of rotatable bonds is 4. The standard InChI is InChI=1S/C18H22N4O2.CH4/c1-10(2)13(5)17(23)20-18-19-14-7-6-11(3)8-15(14)22(18)16-9-12(4)21-24-16;/h6-10,13H,1-5H3,(H,19,20,23);1H4/t13-;/m0./s1. The number of aryl methyl sites for hydroxylation is 2. The first-order valence-corrected chi connectivity index (χ1v) is 8.10. The van der Waals surface area contributed by atoms with Crippen LogP contribution in [0.3, 0.4) is 0 Å². The lowest BCUT2D eigenvalue weighted by Crippen LogP contribution is -2.25. The third kappa shape index (κ3) is 3.57. The maximum Gasteiger partial charge on any atom is 0.238 e. The lowest BCUT2D eigenvalue weighted by Gasteiger charge is -2.15. The van der Waals surface area contributed by atoms with Crippen LogP contribution in [0.1, 0.15) is 39.5 Å². The predicted octanol–water partition coefficient (Wildman–Crippen LogP) is 4.50. The highest BCUT2D eigenvalue weighted by Gasteiger charge is 2.22. The Morgan fingerprint density at radius 2 is 1.92 bits per heavy atom. The summed E-state index contributed by atoms with van der Waals surface area (Å²) in [4.78, 5) is 17.0. The molecule has 25 heavy (non-hydrogen) atoms. The number of aromatic nitrogens is 3. The van der Waals surface area contributed by atoms with Gasteiger partial charge in [-0.1, -0.05) is 39.4 Å². The number of hydrogen-bond acceptors (Lipinski definition) is 4. The van der Waals surface area contributed by atoms with Gasteiger partial charge in [0.25, 0.3) is 0 Å². The first kappa shape index (κ1) is 18.7. The quantitative estimate of drug-likeness (QED) is 0.758. The number of hydrogen-bond donors (Lipinski definition) is 1. The number of imidazole rings is 1. The summed E-state index contributed by atoms with van der Waals surface area (Å²) in [5.74, 6) is 1.06. The third-order valence-electron chi connectivity index (χ3n) is 4.29. The van der Waals surface area contributed by atoms with E-state index in [1.807, 2.05) is 58.9 Å². The summed E-state index contributed by atoms with van der Waals surface area (Å²) in [7, 11) is 0. The Morgan fingerprint density at radius 1 is 1.20 bits per heavy atom. The van der Waals surface area contributed by atoms with Gasteiger partial charge < -0.3 is 4.52 Å². The number of amides is 1. The van der Waals surface area contributed by atoms with Crippen molar-refractivity contribution in [2.75, 3.05) is 5.32 Å². The SMILES string of the molecule is C.Cc1ccc2nc(NC(=O)[C@@H](C)C(C)C)n(-c3cc(C)no3)c2c1. The topological polar surface area (TPSA) is 73.0 Å². The van der Waals surface area contributed by atoms with Gasteiger partial charge in [0, 0.05) is 12.0 Å². The number of carbonyl (C=O) groups is 1. The van der Waals surface area contributed by atoms with Crippen LogP contribution in [-0.4, -0.2) is 20.6 Å². The zero-order valence-electron chi connectivity index (χ0n) is 14.6. The van der Waals surface area contributed by atoms with Crippen molar-refractivity contribution in [2.24, 2.45) is 11.8 Å². The van der Waals surface area contributed by atoms with Crippen LogP contribution in [0.15, 0.2) is 28.8 Å². The number of fused-ring (bicyclic) bond motifs is 1. The van der Waals surface area contributed by atoms with Crippen molar-refractivity contribution in [1.29, 1.82) is 0 Å². The molecule has 2 heterocycles. The normalized spacial score (nSPS) is 12.2. The molecule has 3 aromatic rings. The van der Waals surface area contributed by atoms with Crippen molar-refractivity contribution in [3.05, 3.63) is 35.5 Å². The minimum atomic E-state index is -0.114. The van der Waals surface area contributed by atoms with E-state index in [-0.39, 0.29) is 25.2 Å². The molecule has 0 aliphatic carbocycles. The second-order valence-electron chi connectivity index (χ2n) is 6.59. The van der Waals surface area contributed by atoms with E-state index in [1.54, 1.807) is 4.57 Å². The fraction of sp³-hybridized carbons (Fsp3) is 0.421. The molecule has 0 spiro atoms. The van der Waals surface area contributed by atoms with Gasteiger partial charge in [-0.2, -0.15) is 0 Å². The number of nitrogens with zero attached hydrogens (tertiary/aromatic N) is 3. The van der Waals surface area contributed by atoms with Gasteiger partial charge >= 0.3 is 0 Å². The fourth-order valence-electron chi connectivity index (χ4n) is 2.47. The molecule has 3 rings (SSSR count). The first-order valence-electron chi connectivity index (χ1n) is 8.10. The average molecular weight is 342 g/mol. The molecule has 1 atom stereocenters. The van der Waals surface area contributed by atoms with E-state index in [0.29, 0.717) is 11.8 Å². The van der Waals surface area contributed by atoms with Crippen LogP contribution >= 0.6 is 0 Å². The molecule has 0 radical (unpaired) electrons. The van der Waals surface area contributed by atoms with E-state index >= 15 is 0 Å². The molecule has 0 fully saturated rings. The van der Waals surface area contributed by atoms with Crippen LogP contribution in [0.4, 0.5) is 5.95 Å². The summed E-state index contributed by atoms with van der Waals surface area (Å²) in [5, 5.41) is 6.88. The van der Waals surface area contributed by atoms with Crippen molar-refractivity contribution >= 4 is 22.9 Å². The molecule has 6 nitrogen and oxygen atoms in total. The Bertz CT molecular complexity index is 892. The minimum Gasteiger partial charge on any atom is -0.338 e. The van der Waals surface area contributed by atoms with Crippen molar-refractivity contribution in [2.45, 2.75) is 42.0 Å². The molecule has 1 N–H and O–H groups in total. The Morgan fingerprint density at radius 3 is 2.52 bits per heavy atom. The molecule has 0 bridgehead atoms. The van der Waals surface area contributed by atoms with E-state index in [4.69, 9.17) is 4.52 Å². The van der Waals surface area contributed by atoms with Crippen molar-refractivity contribution in [3.63, 3.8) is 0 Å². The second-order valence-corrected chi connectivity index (χ2v) is 6.59. The van der Waals surface area contributed by atoms with Crippen LogP contribution < -0.4 is 5.32 Å². The third-order valence-corrected chi connectivity index (χ3v) is 4.29. The fourth-order valence-corrected chi connectivity index (χ4v) is 2.47. The van der Waals surface area contributed by atoms with E-state index in [1.165, 1.54) is 0 Å². The van der Waals surface area contributed by atoms with Gasteiger partial charge in [-0.3, -0.25) is 10.1 Å². The van der Waals surface area contributed by atoms with Gasteiger partial charge in [-0.15, -0.1) is 0 Å². The Kier molecular flexibility index (Phi) is 5.30. The monoisotopic (exact) mass is 342 g/mol. The van der Waals surface area contributed by atoms with Crippen LogP contribution in [0, 0.1) is 25.7 Å². The molecular formula is C19H26N4O2. The molecule has 2 aromatic heterocycles. The van der Waals surface area contributed by atoms with Gasteiger partial charge in [0.05, 0.1) is 16.7 Å². The van der Waals surface area contributed by atoms with Gasteiger partial charge in [0.15, 0.2) is 0 Å². The Labute approximate surface area is 148 Å². The van der Waals surface area contributed by atoms with Crippen LogP contribution in [0.25, 0.3) is 16.9 Å². The van der Waals surface area contributed by atoms with Crippen LogP contribution in [-0.2, 0) is 4.79 Å². The maximum atomic E-state index is 12.5. The van der Waals surface area contributed by atoms with Crippen molar-refractivity contribution < 1.29 is 9.32 Å². The molecule has 0 aliphatic heterocycles. The largest absolute Gasteiger partial charge is 0.338 e. The minimum absolute atomic E-state index is 0. The molecule has 1 amide bonds. The number of anilines is 1. The molecule has 0 saturated carbocycles. The average Bonchev–Trinajstić information content (AvgIpc) is 3.09. The zero-order valence-corrected chi connectivity index (χ0v) is 14.6.